The van der Waals surface area contributed by atoms with Crippen LogP contribution < -0.4 is 0 Å². The third-order valence-electron chi connectivity index (χ3n) is 5.26. The molecule has 0 saturated carbocycles. The molecule has 0 N–H and O–H groups in total. The molecule has 0 aliphatic rings. The predicted molar refractivity (Wildman–Crippen MR) is 107 cm³/mol. The molecule has 0 fully saturated rings. The molecule has 1 heteroatoms. The van der Waals surface area contributed by atoms with Crippen molar-refractivity contribution in [1.29, 1.82) is 0 Å². The second kappa shape index (κ2) is 18.3. The van der Waals surface area contributed by atoms with Crippen LogP contribution in [0.4, 0.5) is 0 Å². The Balaban J connectivity index is 3.43. The zero-order valence-corrected chi connectivity index (χ0v) is 17.0. The van der Waals surface area contributed by atoms with Gasteiger partial charge < -0.3 is 4.90 Å². The summed E-state index contributed by atoms with van der Waals surface area (Å²) in [5, 5.41) is 0. The molecular formula is C22H47N. The molecule has 0 spiro atoms. The quantitative estimate of drug-likeness (QED) is 0.235. The number of hydrogen-bond donors (Lipinski definition) is 0. The largest absolute Gasteiger partial charge is 0.306 e. The lowest BCUT2D eigenvalue weighted by Gasteiger charge is -2.24. The highest BCUT2D eigenvalue weighted by Crippen LogP contribution is 2.17. The highest BCUT2D eigenvalue weighted by atomic mass is 15.1. The van der Waals surface area contributed by atoms with Gasteiger partial charge >= 0.3 is 0 Å². The van der Waals surface area contributed by atoms with E-state index in [9.17, 15) is 0 Å². The molecule has 1 atom stereocenters. The average molecular weight is 326 g/mol. The van der Waals surface area contributed by atoms with Crippen LogP contribution in [0.5, 0.6) is 0 Å². The number of hydrogen-bond acceptors (Lipinski definition) is 1. The van der Waals surface area contributed by atoms with E-state index in [4.69, 9.17) is 0 Å². The second-order valence-corrected chi connectivity index (χ2v) is 7.79. The minimum absolute atomic E-state index is 0.825. The molecule has 0 radical (unpaired) electrons. The zero-order valence-electron chi connectivity index (χ0n) is 17.0. The van der Waals surface area contributed by atoms with Gasteiger partial charge in [0.15, 0.2) is 0 Å². The molecule has 23 heavy (non-hydrogen) atoms. The monoisotopic (exact) mass is 325 g/mol. The normalized spacial score (nSPS) is 12.9. The lowest BCUT2D eigenvalue weighted by atomic mass is 9.99. The first-order valence-electron chi connectivity index (χ1n) is 10.9. The molecule has 0 amide bonds. The van der Waals surface area contributed by atoms with Crippen molar-refractivity contribution in [3.8, 4) is 0 Å². The summed E-state index contributed by atoms with van der Waals surface area (Å²) in [6.07, 6.45) is 24.4. The van der Waals surface area contributed by atoms with Gasteiger partial charge in [0, 0.05) is 6.04 Å². The zero-order chi connectivity index (χ0) is 17.2. The summed E-state index contributed by atoms with van der Waals surface area (Å²) in [5.74, 6) is 0. The first-order valence-corrected chi connectivity index (χ1v) is 10.9. The van der Waals surface area contributed by atoms with E-state index in [-0.39, 0.29) is 0 Å². The third-order valence-corrected chi connectivity index (χ3v) is 5.26. The van der Waals surface area contributed by atoms with Crippen LogP contribution in [0.1, 0.15) is 123 Å². The van der Waals surface area contributed by atoms with Crippen LogP contribution >= 0.6 is 0 Å². The average Bonchev–Trinajstić information content (AvgIpc) is 2.54. The van der Waals surface area contributed by atoms with Crippen molar-refractivity contribution in [2.45, 2.75) is 129 Å². The summed E-state index contributed by atoms with van der Waals surface area (Å²) in [6, 6.07) is 0.825. The van der Waals surface area contributed by atoms with E-state index >= 15 is 0 Å². The van der Waals surface area contributed by atoms with Gasteiger partial charge in [0.25, 0.3) is 0 Å². The molecule has 0 aliphatic carbocycles. The van der Waals surface area contributed by atoms with Crippen LogP contribution in [0.2, 0.25) is 0 Å². The minimum atomic E-state index is 0.825. The van der Waals surface area contributed by atoms with Crippen LogP contribution in [0.3, 0.4) is 0 Å². The Hall–Kier alpha value is -0.0400. The Morgan fingerprint density at radius 3 is 1.09 bits per heavy atom. The van der Waals surface area contributed by atoms with Gasteiger partial charge in [-0.05, 0) is 26.9 Å². The van der Waals surface area contributed by atoms with Crippen LogP contribution in [0.15, 0.2) is 0 Å². The molecule has 1 unspecified atom stereocenters. The van der Waals surface area contributed by atoms with E-state index in [1.54, 1.807) is 0 Å². The fourth-order valence-electron chi connectivity index (χ4n) is 3.51. The van der Waals surface area contributed by atoms with Gasteiger partial charge in [-0.1, -0.05) is 110 Å². The molecule has 140 valence electrons. The van der Waals surface area contributed by atoms with Crippen molar-refractivity contribution in [2.75, 3.05) is 14.1 Å². The van der Waals surface area contributed by atoms with Gasteiger partial charge in [-0.3, -0.25) is 0 Å². The summed E-state index contributed by atoms with van der Waals surface area (Å²) in [4.78, 5) is 2.47. The van der Waals surface area contributed by atoms with Gasteiger partial charge in [-0.15, -0.1) is 0 Å². The van der Waals surface area contributed by atoms with Crippen LogP contribution in [-0.4, -0.2) is 25.0 Å². The van der Waals surface area contributed by atoms with Crippen LogP contribution in [-0.2, 0) is 0 Å². The summed E-state index contributed by atoms with van der Waals surface area (Å²) >= 11 is 0. The lowest BCUT2D eigenvalue weighted by Crippen LogP contribution is -2.27. The minimum Gasteiger partial charge on any atom is -0.306 e. The van der Waals surface area contributed by atoms with Crippen LogP contribution in [0.25, 0.3) is 0 Å². The Labute approximate surface area is 148 Å². The second-order valence-electron chi connectivity index (χ2n) is 7.79. The Morgan fingerprint density at radius 2 is 0.783 bits per heavy atom. The number of rotatable bonds is 18. The van der Waals surface area contributed by atoms with E-state index in [1.165, 1.54) is 109 Å². The molecule has 0 bridgehead atoms. The summed E-state index contributed by atoms with van der Waals surface area (Å²) in [6.45, 7) is 4.60. The van der Waals surface area contributed by atoms with Crippen molar-refractivity contribution in [3.05, 3.63) is 0 Å². The van der Waals surface area contributed by atoms with Gasteiger partial charge in [0.05, 0.1) is 0 Å². The number of nitrogens with zero attached hydrogens (tertiary/aromatic N) is 1. The Bertz CT molecular complexity index is 212. The molecule has 0 saturated heterocycles. The third kappa shape index (κ3) is 16.6. The Kier molecular flexibility index (Phi) is 18.3. The summed E-state index contributed by atoms with van der Waals surface area (Å²) in [5.41, 5.74) is 0. The van der Waals surface area contributed by atoms with E-state index in [1.807, 2.05) is 0 Å². The van der Waals surface area contributed by atoms with Crippen molar-refractivity contribution in [2.24, 2.45) is 0 Å². The topological polar surface area (TPSA) is 3.24 Å². The van der Waals surface area contributed by atoms with Crippen molar-refractivity contribution in [1.82, 2.24) is 4.90 Å². The maximum absolute atomic E-state index is 2.47. The van der Waals surface area contributed by atoms with E-state index in [0.717, 1.165) is 6.04 Å². The highest BCUT2D eigenvalue weighted by Gasteiger charge is 2.10. The van der Waals surface area contributed by atoms with Crippen molar-refractivity contribution >= 4 is 0 Å². The molecule has 1 nitrogen and oxygen atoms in total. The van der Waals surface area contributed by atoms with Gasteiger partial charge in [-0.2, -0.15) is 0 Å². The van der Waals surface area contributed by atoms with Gasteiger partial charge in [0.1, 0.15) is 0 Å². The fraction of sp³-hybridized carbons (Fsp3) is 1.00. The van der Waals surface area contributed by atoms with E-state index < -0.39 is 0 Å². The maximum Gasteiger partial charge on any atom is 0.00891 e. The summed E-state index contributed by atoms with van der Waals surface area (Å²) in [7, 11) is 4.54. The van der Waals surface area contributed by atoms with E-state index in [0.29, 0.717) is 0 Å². The SMILES string of the molecule is CCCCCCCCCCCCC(CCCCCCC)N(C)C. The molecule has 0 heterocycles. The predicted octanol–water partition coefficient (Wildman–Crippen LogP) is 7.59. The van der Waals surface area contributed by atoms with Crippen LogP contribution in [0, 0.1) is 0 Å². The first kappa shape index (κ1) is 23.0. The molecule has 0 rings (SSSR count). The maximum atomic E-state index is 2.47. The first-order chi connectivity index (χ1) is 11.2. The molecule has 0 aromatic carbocycles. The van der Waals surface area contributed by atoms with Crippen molar-refractivity contribution < 1.29 is 0 Å². The molecule has 0 aromatic rings. The van der Waals surface area contributed by atoms with Gasteiger partial charge in [-0.25, -0.2) is 0 Å². The molecule has 0 aromatic heterocycles. The van der Waals surface area contributed by atoms with Gasteiger partial charge in [0.2, 0.25) is 0 Å². The fourth-order valence-corrected chi connectivity index (χ4v) is 3.51. The lowest BCUT2D eigenvalue weighted by molar-refractivity contribution is 0.251. The standard InChI is InChI=1S/C22H47N/c1-5-7-9-11-12-13-14-15-17-19-21-22(23(3)4)20-18-16-10-8-6-2/h22H,5-21H2,1-4H3. The number of unbranched alkanes of at least 4 members (excludes halogenated alkanes) is 13. The van der Waals surface area contributed by atoms with E-state index in [2.05, 4.69) is 32.8 Å². The molecular weight excluding hydrogens is 278 g/mol. The van der Waals surface area contributed by atoms with Crippen molar-refractivity contribution in [3.63, 3.8) is 0 Å². The Morgan fingerprint density at radius 1 is 0.478 bits per heavy atom. The highest BCUT2D eigenvalue weighted by molar-refractivity contribution is 4.66. The molecule has 0 aliphatic heterocycles. The smallest absolute Gasteiger partial charge is 0.00891 e. The summed E-state index contributed by atoms with van der Waals surface area (Å²) < 4.78 is 0.